The number of para-hydroxylation sites is 1. The molecule has 24 heavy (non-hydrogen) atoms. The van der Waals surface area contributed by atoms with Crippen LogP contribution in [0.15, 0.2) is 24.3 Å². The number of benzene rings is 1. The number of halogens is 1. The SMILES string of the molecule is CS(=O)(=O)N1CCC(C(=O)OCC(=O)Nc2ccccc2I)CC1. The van der Waals surface area contributed by atoms with Crippen molar-refractivity contribution in [2.75, 3.05) is 31.3 Å². The van der Waals surface area contributed by atoms with Crippen LogP contribution in [0.5, 0.6) is 0 Å². The van der Waals surface area contributed by atoms with Gasteiger partial charge in [-0.2, -0.15) is 0 Å². The second-order valence-electron chi connectivity index (χ2n) is 5.57. The topological polar surface area (TPSA) is 92.8 Å². The van der Waals surface area contributed by atoms with Crippen LogP contribution in [-0.2, 0) is 24.3 Å². The quantitative estimate of drug-likeness (QED) is 0.524. The first-order valence-corrected chi connectivity index (χ1v) is 10.4. The molecule has 1 amide bonds. The number of esters is 1. The number of ether oxygens (including phenoxy) is 1. The van der Waals surface area contributed by atoms with Gasteiger partial charge < -0.3 is 10.1 Å². The van der Waals surface area contributed by atoms with E-state index in [4.69, 9.17) is 4.74 Å². The molecule has 9 heteroatoms. The number of rotatable bonds is 5. The molecule has 0 bridgehead atoms. The molecule has 1 saturated heterocycles. The predicted molar refractivity (Wildman–Crippen MR) is 97.9 cm³/mol. The van der Waals surface area contributed by atoms with E-state index in [0.717, 1.165) is 9.83 Å². The zero-order chi connectivity index (χ0) is 17.7. The van der Waals surface area contributed by atoms with E-state index >= 15 is 0 Å². The highest BCUT2D eigenvalue weighted by Crippen LogP contribution is 2.20. The Balaban J connectivity index is 1.77. The average molecular weight is 466 g/mol. The third-order valence-corrected chi connectivity index (χ3v) is 5.99. The lowest BCUT2D eigenvalue weighted by Gasteiger charge is -2.28. The van der Waals surface area contributed by atoms with Crippen molar-refractivity contribution < 1.29 is 22.7 Å². The van der Waals surface area contributed by atoms with E-state index in [2.05, 4.69) is 27.9 Å². The zero-order valence-corrected chi connectivity index (χ0v) is 16.2. The van der Waals surface area contributed by atoms with Gasteiger partial charge >= 0.3 is 5.97 Å². The van der Waals surface area contributed by atoms with Crippen LogP contribution in [0.4, 0.5) is 5.69 Å². The molecule has 0 saturated carbocycles. The van der Waals surface area contributed by atoms with E-state index in [1.165, 1.54) is 4.31 Å². The van der Waals surface area contributed by atoms with Crippen molar-refractivity contribution in [3.8, 4) is 0 Å². The maximum Gasteiger partial charge on any atom is 0.309 e. The van der Waals surface area contributed by atoms with E-state index < -0.39 is 21.9 Å². The first-order chi connectivity index (χ1) is 11.3. The standard InChI is InChI=1S/C15H19IN2O5S/c1-24(21,22)18-8-6-11(7-9-18)15(20)23-10-14(19)17-13-5-3-2-4-12(13)16/h2-5,11H,6-10H2,1H3,(H,17,19). The monoisotopic (exact) mass is 466 g/mol. The van der Waals surface area contributed by atoms with E-state index in [0.29, 0.717) is 31.6 Å². The van der Waals surface area contributed by atoms with Gasteiger partial charge in [0.15, 0.2) is 6.61 Å². The molecule has 0 aliphatic carbocycles. The summed E-state index contributed by atoms with van der Waals surface area (Å²) in [5.74, 6) is -1.23. The molecular weight excluding hydrogens is 447 g/mol. The highest BCUT2D eigenvalue weighted by atomic mass is 127. The molecular formula is C15H19IN2O5S. The van der Waals surface area contributed by atoms with E-state index in [1.807, 2.05) is 12.1 Å². The lowest BCUT2D eigenvalue weighted by Crippen LogP contribution is -2.40. The number of nitrogens with zero attached hydrogens (tertiary/aromatic N) is 1. The Labute approximate surface area is 154 Å². The van der Waals surface area contributed by atoms with Gasteiger partial charge in [-0.1, -0.05) is 12.1 Å². The minimum Gasteiger partial charge on any atom is -0.455 e. The highest BCUT2D eigenvalue weighted by Gasteiger charge is 2.30. The van der Waals surface area contributed by atoms with Gasteiger partial charge in [0.2, 0.25) is 10.0 Å². The van der Waals surface area contributed by atoms with Gasteiger partial charge in [-0.15, -0.1) is 0 Å². The normalized spacial score (nSPS) is 16.6. The van der Waals surface area contributed by atoms with Crippen molar-refractivity contribution in [3.63, 3.8) is 0 Å². The summed E-state index contributed by atoms with van der Waals surface area (Å²) in [5.41, 5.74) is 0.667. The smallest absolute Gasteiger partial charge is 0.309 e. The summed E-state index contributed by atoms with van der Waals surface area (Å²) in [5, 5.41) is 2.68. The Bertz CT molecular complexity index is 714. The average Bonchev–Trinajstić information content (AvgIpc) is 2.54. The fourth-order valence-corrected chi connectivity index (χ4v) is 3.82. The van der Waals surface area contributed by atoms with Gasteiger partial charge in [0.25, 0.3) is 5.91 Å². The second kappa shape index (κ2) is 8.26. The van der Waals surface area contributed by atoms with Crippen LogP contribution >= 0.6 is 22.6 Å². The van der Waals surface area contributed by atoms with E-state index in [-0.39, 0.29) is 12.5 Å². The number of sulfonamides is 1. The summed E-state index contributed by atoms with van der Waals surface area (Å²) in [6.45, 7) is 0.246. The largest absolute Gasteiger partial charge is 0.455 e. The summed E-state index contributed by atoms with van der Waals surface area (Å²) in [7, 11) is -3.22. The third kappa shape index (κ3) is 5.42. The molecule has 1 fully saturated rings. The van der Waals surface area contributed by atoms with Gasteiger partial charge in [0, 0.05) is 16.7 Å². The number of hydrogen-bond donors (Lipinski definition) is 1. The minimum absolute atomic E-state index is 0.299. The van der Waals surface area contributed by atoms with Crippen LogP contribution < -0.4 is 5.32 Å². The molecule has 0 atom stereocenters. The minimum atomic E-state index is -3.22. The Morgan fingerprint density at radius 2 is 1.92 bits per heavy atom. The maximum atomic E-state index is 12.0. The lowest BCUT2D eigenvalue weighted by molar-refractivity contribution is -0.152. The summed E-state index contributed by atoms with van der Waals surface area (Å²) in [6.07, 6.45) is 1.97. The fraction of sp³-hybridized carbons (Fsp3) is 0.467. The Morgan fingerprint density at radius 1 is 1.29 bits per heavy atom. The van der Waals surface area contributed by atoms with Crippen molar-refractivity contribution >= 4 is 50.2 Å². The summed E-state index contributed by atoms with van der Waals surface area (Å²) in [4.78, 5) is 23.9. The summed E-state index contributed by atoms with van der Waals surface area (Å²) in [6, 6.07) is 7.29. The molecule has 1 aliphatic heterocycles. The second-order valence-corrected chi connectivity index (χ2v) is 8.72. The highest BCUT2D eigenvalue weighted by molar-refractivity contribution is 14.1. The van der Waals surface area contributed by atoms with E-state index in [1.54, 1.807) is 12.1 Å². The third-order valence-electron chi connectivity index (χ3n) is 3.75. The molecule has 2 rings (SSSR count). The Hall–Kier alpha value is -1.20. The van der Waals surface area contributed by atoms with Crippen LogP contribution in [0.25, 0.3) is 0 Å². The van der Waals surface area contributed by atoms with Crippen LogP contribution in [0.1, 0.15) is 12.8 Å². The van der Waals surface area contributed by atoms with Gasteiger partial charge in [-0.05, 0) is 47.6 Å². The molecule has 132 valence electrons. The fourth-order valence-electron chi connectivity index (χ4n) is 2.43. The first kappa shape index (κ1) is 19.1. The van der Waals surface area contributed by atoms with Crippen molar-refractivity contribution in [2.45, 2.75) is 12.8 Å². The van der Waals surface area contributed by atoms with Crippen LogP contribution in [0.3, 0.4) is 0 Å². The summed E-state index contributed by atoms with van der Waals surface area (Å²) >= 11 is 2.10. The molecule has 0 radical (unpaired) electrons. The Morgan fingerprint density at radius 3 is 2.50 bits per heavy atom. The number of carbonyl (C=O) groups excluding carboxylic acids is 2. The molecule has 0 aromatic heterocycles. The van der Waals surface area contributed by atoms with Gasteiger partial charge in [-0.25, -0.2) is 12.7 Å². The lowest BCUT2D eigenvalue weighted by atomic mass is 9.98. The van der Waals surface area contributed by atoms with Gasteiger partial charge in [0.1, 0.15) is 0 Å². The number of carbonyl (C=O) groups is 2. The number of anilines is 1. The van der Waals surface area contributed by atoms with Crippen molar-refractivity contribution in [1.82, 2.24) is 4.31 Å². The van der Waals surface area contributed by atoms with Crippen LogP contribution in [-0.4, -0.2) is 50.6 Å². The number of nitrogens with one attached hydrogen (secondary N) is 1. The zero-order valence-electron chi connectivity index (χ0n) is 13.2. The molecule has 1 aliphatic rings. The Kier molecular flexibility index (Phi) is 6.58. The van der Waals surface area contributed by atoms with Crippen LogP contribution in [0.2, 0.25) is 0 Å². The van der Waals surface area contributed by atoms with Crippen LogP contribution in [0, 0.1) is 9.49 Å². The predicted octanol–water partition coefficient (Wildman–Crippen LogP) is 1.44. The van der Waals surface area contributed by atoms with E-state index in [9.17, 15) is 18.0 Å². The molecule has 1 aromatic rings. The molecule has 1 heterocycles. The first-order valence-electron chi connectivity index (χ1n) is 7.43. The molecule has 7 nitrogen and oxygen atoms in total. The number of amides is 1. The van der Waals surface area contributed by atoms with Crippen molar-refractivity contribution in [1.29, 1.82) is 0 Å². The van der Waals surface area contributed by atoms with Crippen molar-refractivity contribution in [2.24, 2.45) is 5.92 Å². The van der Waals surface area contributed by atoms with Crippen molar-refractivity contribution in [3.05, 3.63) is 27.8 Å². The van der Waals surface area contributed by atoms with Gasteiger partial charge in [-0.3, -0.25) is 9.59 Å². The number of piperidine rings is 1. The van der Waals surface area contributed by atoms with Gasteiger partial charge in [0.05, 0.1) is 17.9 Å². The molecule has 0 spiro atoms. The summed E-state index contributed by atoms with van der Waals surface area (Å²) < 4.78 is 30.2. The molecule has 0 unspecified atom stereocenters. The maximum absolute atomic E-state index is 12.0. The number of hydrogen-bond acceptors (Lipinski definition) is 5. The molecule has 1 N–H and O–H groups in total. The molecule has 1 aromatic carbocycles.